The van der Waals surface area contributed by atoms with E-state index in [1.54, 1.807) is 23.8 Å². The number of methoxy groups -OCH3 is 1. The van der Waals surface area contributed by atoms with Crippen molar-refractivity contribution in [2.45, 2.75) is 42.8 Å². The molecule has 1 aliphatic carbocycles. The first-order valence-electron chi connectivity index (χ1n) is 8.15. The number of nitrogens with zero attached hydrogens (tertiary/aromatic N) is 2. The Bertz CT molecular complexity index is 851. The molecule has 1 aliphatic rings. The Kier molecular flexibility index (Phi) is 5.81. The van der Waals surface area contributed by atoms with Crippen LogP contribution in [0.2, 0.25) is 0 Å². The molecule has 1 heterocycles. The number of benzene rings is 1. The highest BCUT2D eigenvalue weighted by Gasteiger charge is 2.27. The Hall–Kier alpha value is -1.38. The second-order valence-electron chi connectivity index (χ2n) is 6.05. The van der Waals surface area contributed by atoms with Crippen LogP contribution in [0, 0.1) is 0 Å². The third-order valence-corrected chi connectivity index (χ3v) is 5.56. The molecule has 25 heavy (non-hydrogen) atoms. The van der Waals surface area contributed by atoms with E-state index in [1.165, 1.54) is 11.8 Å². The number of thioether (sulfide) groups is 1. The van der Waals surface area contributed by atoms with E-state index >= 15 is 0 Å². The van der Waals surface area contributed by atoms with Gasteiger partial charge in [0.25, 0.3) is 5.56 Å². The number of fused-ring (bicyclic) bond motifs is 1. The molecule has 1 unspecified atom stereocenters. The van der Waals surface area contributed by atoms with Gasteiger partial charge >= 0.3 is 0 Å². The molecule has 1 saturated carbocycles. The number of hydrogen-bond donors (Lipinski definition) is 1. The van der Waals surface area contributed by atoms with Crippen molar-refractivity contribution >= 4 is 44.5 Å². The second kappa shape index (κ2) is 7.88. The van der Waals surface area contributed by atoms with Gasteiger partial charge in [-0.3, -0.25) is 14.2 Å². The fourth-order valence-corrected chi connectivity index (χ4v) is 3.71. The van der Waals surface area contributed by atoms with Crippen LogP contribution < -0.4 is 10.9 Å². The summed E-state index contributed by atoms with van der Waals surface area (Å²) in [6.45, 7) is 2.63. The predicted octanol–water partition coefficient (Wildman–Crippen LogP) is 2.56. The van der Waals surface area contributed by atoms with Crippen molar-refractivity contribution < 1.29 is 9.53 Å². The molecule has 0 aliphatic heterocycles. The number of halogens is 1. The van der Waals surface area contributed by atoms with E-state index in [0.717, 1.165) is 17.3 Å². The summed E-state index contributed by atoms with van der Waals surface area (Å²) >= 11 is 4.70. The first kappa shape index (κ1) is 18.4. The van der Waals surface area contributed by atoms with E-state index in [9.17, 15) is 9.59 Å². The molecular formula is C17H20BrN3O3S. The number of aromatic nitrogens is 2. The molecule has 1 aromatic heterocycles. The first-order chi connectivity index (χ1) is 12.0. The minimum absolute atomic E-state index is 0.0176. The van der Waals surface area contributed by atoms with E-state index in [4.69, 9.17) is 4.74 Å². The smallest absolute Gasteiger partial charge is 0.262 e. The largest absolute Gasteiger partial charge is 0.383 e. The summed E-state index contributed by atoms with van der Waals surface area (Å²) in [5, 5.41) is 3.75. The lowest BCUT2D eigenvalue weighted by Gasteiger charge is -2.16. The Morgan fingerprint density at radius 3 is 2.96 bits per heavy atom. The van der Waals surface area contributed by atoms with Crippen LogP contribution in [0.15, 0.2) is 32.6 Å². The van der Waals surface area contributed by atoms with Gasteiger partial charge in [-0.1, -0.05) is 27.7 Å². The zero-order valence-electron chi connectivity index (χ0n) is 14.1. The molecule has 1 atom stereocenters. The SMILES string of the molecule is COCCn1c(SC(C)C(=O)NC2CC2)nc2ccc(Br)cc2c1=O. The third-order valence-electron chi connectivity index (χ3n) is 3.98. The summed E-state index contributed by atoms with van der Waals surface area (Å²) in [6, 6.07) is 5.74. The van der Waals surface area contributed by atoms with Gasteiger partial charge in [-0.15, -0.1) is 0 Å². The molecule has 3 rings (SSSR count). The highest BCUT2D eigenvalue weighted by Crippen LogP contribution is 2.25. The van der Waals surface area contributed by atoms with Crippen LogP contribution in [0.4, 0.5) is 0 Å². The molecule has 0 radical (unpaired) electrons. The molecule has 1 amide bonds. The number of amides is 1. The molecule has 1 N–H and O–H groups in total. The number of ether oxygens (including phenoxy) is 1. The summed E-state index contributed by atoms with van der Waals surface area (Å²) in [6.07, 6.45) is 2.09. The summed E-state index contributed by atoms with van der Waals surface area (Å²) in [5.41, 5.74) is 0.500. The summed E-state index contributed by atoms with van der Waals surface area (Å²) in [5.74, 6) is -0.0176. The maximum absolute atomic E-state index is 12.9. The molecule has 0 spiro atoms. The van der Waals surface area contributed by atoms with Gasteiger partial charge in [0, 0.05) is 17.6 Å². The minimum atomic E-state index is -0.325. The molecule has 8 heteroatoms. The summed E-state index contributed by atoms with van der Waals surface area (Å²) < 4.78 is 7.54. The second-order valence-corrected chi connectivity index (χ2v) is 8.27. The van der Waals surface area contributed by atoms with Crippen LogP contribution in [-0.4, -0.2) is 40.5 Å². The fourth-order valence-electron chi connectivity index (χ4n) is 2.40. The van der Waals surface area contributed by atoms with Crippen LogP contribution in [0.25, 0.3) is 10.9 Å². The van der Waals surface area contributed by atoms with E-state index in [2.05, 4.69) is 26.2 Å². The molecule has 134 valence electrons. The molecule has 2 aromatic rings. The zero-order chi connectivity index (χ0) is 18.0. The average molecular weight is 426 g/mol. The van der Waals surface area contributed by atoms with Gasteiger partial charge < -0.3 is 10.1 Å². The van der Waals surface area contributed by atoms with Gasteiger partial charge in [0.2, 0.25) is 5.91 Å². The zero-order valence-corrected chi connectivity index (χ0v) is 16.5. The van der Waals surface area contributed by atoms with Crippen molar-refractivity contribution in [1.82, 2.24) is 14.9 Å². The monoisotopic (exact) mass is 425 g/mol. The number of nitrogens with one attached hydrogen (secondary N) is 1. The molecule has 6 nitrogen and oxygen atoms in total. The Balaban J connectivity index is 1.94. The van der Waals surface area contributed by atoms with Gasteiger partial charge in [-0.05, 0) is 38.0 Å². The Morgan fingerprint density at radius 2 is 2.28 bits per heavy atom. The van der Waals surface area contributed by atoms with Gasteiger partial charge in [0.15, 0.2) is 5.16 Å². The molecule has 1 aromatic carbocycles. The van der Waals surface area contributed by atoms with E-state index in [1.807, 2.05) is 13.0 Å². The topological polar surface area (TPSA) is 73.2 Å². The maximum Gasteiger partial charge on any atom is 0.262 e. The number of carbonyl (C=O) groups excluding carboxylic acids is 1. The standard InChI is InChI=1S/C17H20BrN3O3S/c1-10(15(22)19-12-4-5-12)25-17-20-14-6-3-11(18)9-13(14)16(23)21(17)7-8-24-2/h3,6,9-10,12H,4-5,7-8H2,1-2H3,(H,19,22). The summed E-state index contributed by atoms with van der Waals surface area (Å²) in [7, 11) is 1.59. The van der Waals surface area contributed by atoms with E-state index < -0.39 is 0 Å². The van der Waals surface area contributed by atoms with E-state index in [-0.39, 0.29) is 16.7 Å². The van der Waals surface area contributed by atoms with Crippen molar-refractivity contribution in [1.29, 1.82) is 0 Å². The van der Waals surface area contributed by atoms with Crippen molar-refractivity contribution in [3.05, 3.63) is 33.0 Å². The van der Waals surface area contributed by atoms with Gasteiger partial charge in [-0.25, -0.2) is 4.98 Å². The van der Waals surface area contributed by atoms with Crippen molar-refractivity contribution in [2.75, 3.05) is 13.7 Å². The minimum Gasteiger partial charge on any atom is -0.383 e. The van der Waals surface area contributed by atoms with Crippen molar-refractivity contribution in [2.24, 2.45) is 0 Å². The molecular weight excluding hydrogens is 406 g/mol. The first-order valence-corrected chi connectivity index (χ1v) is 9.83. The van der Waals surface area contributed by atoms with E-state index in [0.29, 0.717) is 35.3 Å². The van der Waals surface area contributed by atoms with Gasteiger partial charge in [0.1, 0.15) is 0 Å². The lowest BCUT2D eigenvalue weighted by Crippen LogP contribution is -2.33. The normalized spacial score (nSPS) is 15.3. The van der Waals surface area contributed by atoms with Crippen LogP contribution in [0.3, 0.4) is 0 Å². The maximum atomic E-state index is 12.9. The predicted molar refractivity (Wildman–Crippen MR) is 102 cm³/mol. The van der Waals surface area contributed by atoms with Crippen LogP contribution in [0.5, 0.6) is 0 Å². The lowest BCUT2D eigenvalue weighted by molar-refractivity contribution is -0.120. The van der Waals surface area contributed by atoms with Crippen molar-refractivity contribution in [3.63, 3.8) is 0 Å². The van der Waals surface area contributed by atoms with Gasteiger partial charge in [-0.2, -0.15) is 0 Å². The van der Waals surface area contributed by atoms with Crippen LogP contribution >= 0.6 is 27.7 Å². The summed E-state index contributed by atoms with van der Waals surface area (Å²) in [4.78, 5) is 29.7. The number of rotatable bonds is 7. The Morgan fingerprint density at radius 1 is 1.52 bits per heavy atom. The number of carbonyl (C=O) groups is 1. The van der Waals surface area contributed by atoms with Crippen LogP contribution in [-0.2, 0) is 16.1 Å². The molecule has 0 saturated heterocycles. The quantitative estimate of drug-likeness (QED) is 0.544. The van der Waals surface area contributed by atoms with Gasteiger partial charge in [0.05, 0.1) is 29.3 Å². The fraction of sp³-hybridized carbons (Fsp3) is 0.471. The number of hydrogen-bond acceptors (Lipinski definition) is 5. The highest BCUT2D eigenvalue weighted by atomic mass is 79.9. The average Bonchev–Trinajstić information content (AvgIpc) is 3.39. The highest BCUT2D eigenvalue weighted by molar-refractivity contribution is 9.10. The molecule has 0 bridgehead atoms. The Labute approximate surface area is 158 Å². The van der Waals surface area contributed by atoms with Crippen LogP contribution in [0.1, 0.15) is 19.8 Å². The lowest BCUT2D eigenvalue weighted by atomic mass is 10.2. The third kappa shape index (κ3) is 4.43. The van der Waals surface area contributed by atoms with Crippen molar-refractivity contribution in [3.8, 4) is 0 Å². The molecule has 1 fully saturated rings.